The van der Waals surface area contributed by atoms with E-state index < -0.39 is 0 Å². The van der Waals surface area contributed by atoms with Gasteiger partial charge >= 0.3 is 0 Å². The molecule has 27 heavy (non-hydrogen) atoms. The molecule has 4 rings (SSSR count). The fourth-order valence-electron chi connectivity index (χ4n) is 3.74. The number of aromatic nitrogens is 2. The van der Waals surface area contributed by atoms with Gasteiger partial charge in [0.2, 0.25) is 11.8 Å². The topological polar surface area (TPSA) is 68.5 Å². The number of hydrogen-bond donors (Lipinski definition) is 0. The molecule has 1 amide bonds. The molecule has 1 unspecified atom stereocenters. The summed E-state index contributed by atoms with van der Waals surface area (Å²) in [5.41, 5.74) is 1.17. The largest absolute Gasteiger partial charge is 0.493 e. The number of nitrogens with zero attached hydrogens (tertiary/aromatic N) is 3. The van der Waals surface area contributed by atoms with Gasteiger partial charge in [-0.2, -0.15) is 4.98 Å². The first-order chi connectivity index (χ1) is 13.2. The number of rotatable bonds is 6. The second kappa shape index (κ2) is 7.94. The van der Waals surface area contributed by atoms with Gasteiger partial charge in [0, 0.05) is 25.4 Å². The molecular formula is C21H25N3O3. The van der Waals surface area contributed by atoms with Crippen molar-refractivity contribution < 1.29 is 14.1 Å². The highest BCUT2D eigenvalue weighted by atomic mass is 16.5. The Bertz CT molecular complexity index is 822. The molecule has 1 fully saturated rings. The van der Waals surface area contributed by atoms with Gasteiger partial charge in [-0.25, -0.2) is 0 Å². The van der Waals surface area contributed by atoms with Gasteiger partial charge in [-0.15, -0.1) is 0 Å². The van der Waals surface area contributed by atoms with Crippen molar-refractivity contribution in [3.63, 3.8) is 0 Å². The van der Waals surface area contributed by atoms with Gasteiger partial charge in [0.05, 0.1) is 12.5 Å². The number of ether oxygens (including phenoxy) is 1. The highest BCUT2D eigenvalue weighted by Crippen LogP contribution is 2.29. The average molecular weight is 367 g/mol. The molecular weight excluding hydrogens is 342 g/mol. The van der Waals surface area contributed by atoms with Gasteiger partial charge in [-0.05, 0) is 43.9 Å². The third-order valence-electron chi connectivity index (χ3n) is 5.27. The second-order valence-corrected chi connectivity index (χ2v) is 7.37. The number of benzene rings is 1. The molecule has 2 aromatic rings. The maximum atomic E-state index is 12.5. The van der Waals surface area contributed by atoms with Crippen LogP contribution in [0.15, 0.2) is 40.9 Å². The highest BCUT2D eigenvalue weighted by Gasteiger charge is 2.34. The van der Waals surface area contributed by atoms with E-state index in [-0.39, 0.29) is 17.7 Å². The van der Waals surface area contributed by atoms with Crippen molar-refractivity contribution in [2.24, 2.45) is 5.92 Å². The van der Waals surface area contributed by atoms with Crippen LogP contribution in [-0.4, -0.2) is 40.6 Å². The van der Waals surface area contributed by atoms with Crippen molar-refractivity contribution in [1.82, 2.24) is 15.0 Å². The first kappa shape index (κ1) is 17.8. The molecule has 1 aliphatic heterocycles. The molecule has 0 radical (unpaired) electrons. The van der Waals surface area contributed by atoms with E-state index in [1.807, 2.05) is 36.1 Å². The maximum absolute atomic E-state index is 12.5. The first-order valence-corrected chi connectivity index (χ1v) is 9.65. The molecule has 1 aromatic heterocycles. The summed E-state index contributed by atoms with van der Waals surface area (Å²) in [6.07, 6.45) is 7.41. The molecule has 2 aliphatic rings. The van der Waals surface area contributed by atoms with Crippen LogP contribution in [0.4, 0.5) is 0 Å². The lowest BCUT2D eigenvalue weighted by Crippen LogP contribution is -2.33. The zero-order chi connectivity index (χ0) is 18.6. The number of amides is 1. The molecule has 142 valence electrons. The minimum absolute atomic E-state index is 0.126. The Balaban J connectivity index is 1.27. The van der Waals surface area contributed by atoms with E-state index in [0.29, 0.717) is 31.3 Å². The SMILES string of the molecule is Cc1cccc(OCCc2noc(C3CCN(C(=O)C4CC=CC4)C3)n2)c1. The summed E-state index contributed by atoms with van der Waals surface area (Å²) < 4.78 is 11.2. The van der Waals surface area contributed by atoms with Crippen molar-refractivity contribution >= 4 is 5.91 Å². The second-order valence-electron chi connectivity index (χ2n) is 7.37. The smallest absolute Gasteiger partial charge is 0.231 e. The molecule has 2 heterocycles. The van der Waals surface area contributed by atoms with E-state index >= 15 is 0 Å². The van der Waals surface area contributed by atoms with Crippen molar-refractivity contribution in [1.29, 1.82) is 0 Å². The van der Waals surface area contributed by atoms with Crippen molar-refractivity contribution in [3.05, 3.63) is 53.7 Å². The molecule has 1 aromatic carbocycles. The zero-order valence-corrected chi connectivity index (χ0v) is 15.6. The van der Waals surface area contributed by atoms with Crippen molar-refractivity contribution in [3.8, 4) is 5.75 Å². The molecule has 1 saturated heterocycles. The summed E-state index contributed by atoms with van der Waals surface area (Å²) in [5, 5.41) is 4.08. The van der Waals surface area contributed by atoms with Gasteiger partial charge in [-0.1, -0.05) is 29.4 Å². The summed E-state index contributed by atoms with van der Waals surface area (Å²) in [5.74, 6) is 2.67. The van der Waals surface area contributed by atoms with E-state index in [0.717, 1.165) is 31.6 Å². The third-order valence-corrected chi connectivity index (χ3v) is 5.27. The van der Waals surface area contributed by atoms with E-state index in [4.69, 9.17) is 9.26 Å². The van der Waals surface area contributed by atoms with Crippen molar-refractivity contribution in [2.75, 3.05) is 19.7 Å². The quantitative estimate of drug-likeness (QED) is 0.733. The summed E-state index contributed by atoms with van der Waals surface area (Å²) in [4.78, 5) is 19.0. The number of likely N-dealkylation sites (tertiary alicyclic amines) is 1. The fraction of sp³-hybridized carbons (Fsp3) is 0.476. The Kier molecular flexibility index (Phi) is 5.23. The first-order valence-electron chi connectivity index (χ1n) is 9.65. The standard InChI is InChI=1S/C21H25N3O3/c1-15-5-4-8-18(13-15)26-12-10-19-22-20(27-23-19)17-9-11-24(14-17)21(25)16-6-2-3-7-16/h2-5,8,13,16-17H,6-7,9-12,14H2,1H3. The number of aryl methyl sites for hydroxylation is 1. The van der Waals surface area contributed by atoms with Crippen LogP contribution in [-0.2, 0) is 11.2 Å². The van der Waals surface area contributed by atoms with Crippen molar-refractivity contribution in [2.45, 2.75) is 38.5 Å². The minimum Gasteiger partial charge on any atom is -0.493 e. The molecule has 6 heteroatoms. The van der Waals surface area contributed by atoms with Gasteiger partial charge in [0.1, 0.15) is 5.75 Å². The van der Waals surface area contributed by atoms with Crippen LogP contribution < -0.4 is 4.74 Å². The van der Waals surface area contributed by atoms with Crippen LogP contribution >= 0.6 is 0 Å². The summed E-state index contributed by atoms with van der Waals surface area (Å²) in [6.45, 7) is 3.99. The number of allylic oxidation sites excluding steroid dienone is 2. The van der Waals surface area contributed by atoms with Crippen LogP contribution in [0.3, 0.4) is 0 Å². The maximum Gasteiger partial charge on any atom is 0.231 e. The molecule has 0 bridgehead atoms. The van der Waals surface area contributed by atoms with E-state index in [9.17, 15) is 4.79 Å². The number of carbonyl (C=O) groups excluding carboxylic acids is 1. The van der Waals surface area contributed by atoms with Gasteiger partial charge in [-0.3, -0.25) is 4.79 Å². The Hall–Kier alpha value is -2.63. The lowest BCUT2D eigenvalue weighted by Gasteiger charge is -2.19. The van der Waals surface area contributed by atoms with E-state index in [1.165, 1.54) is 5.56 Å². The molecule has 0 spiro atoms. The Morgan fingerprint density at radius 3 is 3.00 bits per heavy atom. The van der Waals surface area contributed by atoms with Gasteiger partial charge in [0.15, 0.2) is 5.82 Å². The van der Waals surface area contributed by atoms with Crippen LogP contribution in [0.2, 0.25) is 0 Å². The molecule has 1 aliphatic carbocycles. The molecule has 1 atom stereocenters. The zero-order valence-electron chi connectivity index (χ0n) is 15.6. The number of hydrogen-bond acceptors (Lipinski definition) is 5. The third kappa shape index (κ3) is 4.21. The Morgan fingerprint density at radius 1 is 1.33 bits per heavy atom. The van der Waals surface area contributed by atoms with Crippen LogP contribution in [0.1, 0.15) is 42.5 Å². The number of carbonyl (C=O) groups is 1. The predicted octanol–water partition coefficient (Wildman–Crippen LogP) is 3.28. The van der Waals surface area contributed by atoms with E-state index in [1.54, 1.807) is 0 Å². The monoisotopic (exact) mass is 367 g/mol. The summed E-state index contributed by atoms with van der Waals surface area (Å²) >= 11 is 0. The van der Waals surface area contributed by atoms with E-state index in [2.05, 4.69) is 22.3 Å². The van der Waals surface area contributed by atoms with Gasteiger partial charge in [0.25, 0.3) is 0 Å². The van der Waals surface area contributed by atoms with Gasteiger partial charge < -0.3 is 14.2 Å². The van der Waals surface area contributed by atoms with Crippen LogP contribution in [0.25, 0.3) is 0 Å². The van der Waals surface area contributed by atoms with Crippen LogP contribution in [0, 0.1) is 12.8 Å². The Labute approximate surface area is 159 Å². The van der Waals surface area contributed by atoms with Crippen LogP contribution in [0.5, 0.6) is 5.75 Å². The normalized spacial score (nSPS) is 19.7. The highest BCUT2D eigenvalue weighted by molar-refractivity contribution is 5.80. The molecule has 6 nitrogen and oxygen atoms in total. The lowest BCUT2D eigenvalue weighted by atomic mass is 10.1. The average Bonchev–Trinajstić information content (AvgIpc) is 3.42. The molecule has 0 saturated carbocycles. The lowest BCUT2D eigenvalue weighted by molar-refractivity contribution is -0.134. The minimum atomic E-state index is 0.126. The Morgan fingerprint density at radius 2 is 2.19 bits per heavy atom. The predicted molar refractivity (Wildman–Crippen MR) is 100 cm³/mol. The summed E-state index contributed by atoms with van der Waals surface area (Å²) in [7, 11) is 0. The summed E-state index contributed by atoms with van der Waals surface area (Å²) in [6, 6.07) is 7.97. The fourth-order valence-corrected chi connectivity index (χ4v) is 3.74. The molecule has 0 N–H and O–H groups in total.